The fraction of sp³-hybridized carbons (Fsp3) is 0.214. The number of hydrogen-bond acceptors (Lipinski definition) is 4. The molecule has 0 bridgehead atoms. The highest BCUT2D eigenvalue weighted by Gasteiger charge is 2.22. The van der Waals surface area contributed by atoms with Gasteiger partial charge in [0, 0.05) is 28.6 Å². The van der Waals surface area contributed by atoms with E-state index in [9.17, 15) is 8.42 Å². The molecule has 21 heavy (non-hydrogen) atoms. The van der Waals surface area contributed by atoms with Crippen LogP contribution >= 0.6 is 15.9 Å². The van der Waals surface area contributed by atoms with Crippen molar-refractivity contribution in [3.63, 3.8) is 0 Å². The molecular weight excluding hydrogens is 354 g/mol. The van der Waals surface area contributed by atoms with Gasteiger partial charge in [0.25, 0.3) is 0 Å². The summed E-state index contributed by atoms with van der Waals surface area (Å²) in [6.45, 7) is 3.45. The number of benzene rings is 1. The Morgan fingerprint density at radius 1 is 1.38 bits per heavy atom. The van der Waals surface area contributed by atoms with Gasteiger partial charge in [0.2, 0.25) is 10.0 Å². The standard InChI is InChI=1S/C14H16BrN3O2S/c1-9-13(16)6-12(15)7-14(9)21(19,20)18-10(2)11-4-3-5-17-8-11/h3-8,10,18H,16H2,1-2H3. The number of nitrogens with two attached hydrogens (primary N) is 1. The molecule has 1 atom stereocenters. The normalized spacial score (nSPS) is 13.1. The SMILES string of the molecule is Cc1c(N)cc(Br)cc1S(=O)(=O)NC(C)c1cccnc1. The lowest BCUT2D eigenvalue weighted by molar-refractivity contribution is 0.566. The average molecular weight is 370 g/mol. The van der Waals surface area contributed by atoms with E-state index >= 15 is 0 Å². The lowest BCUT2D eigenvalue weighted by atomic mass is 10.2. The molecule has 1 aromatic carbocycles. The van der Waals surface area contributed by atoms with Gasteiger partial charge in [0.05, 0.1) is 4.90 Å². The van der Waals surface area contributed by atoms with E-state index in [1.807, 2.05) is 6.07 Å². The maximum atomic E-state index is 12.5. The molecule has 0 spiro atoms. The molecule has 0 saturated carbocycles. The molecule has 0 aliphatic carbocycles. The van der Waals surface area contributed by atoms with Crippen LogP contribution in [0.15, 0.2) is 46.0 Å². The van der Waals surface area contributed by atoms with Crippen LogP contribution in [0.25, 0.3) is 0 Å². The molecule has 1 aromatic heterocycles. The van der Waals surface area contributed by atoms with E-state index in [4.69, 9.17) is 5.73 Å². The Bertz CT molecular complexity index is 748. The second kappa shape index (κ2) is 6.13. The molecule has 2 aromatic rings. The van der Waals surface area contributed by atoms with Crippen molar-refractivity contribution in [1.29, 1.82) is 0 Å². The third-order valence-electron chi connectivity index (χ3n) is 3.17. The fourth-order valence-electron chi connectivity index (χ4n) is 1.95. The van der Waals surface area contributed by atoms with Crippen molar-refractivity contribution in [2.75, 3.05) is 5.73 Å². The van der Waals surface area contributed by atoms with Crippen LogP contribution in [0.4, 0.5) is 5.69 Å². The van der Waals surface area contributed by atoms with Crippen LogP contribution in [-0.4, -0.2) is 13.4 Å². The smallest absolute Gasteiger partial charge is 0.241 e. The van der Waals surface area contributed by atoms with E-state index in [0.717, 1.165) is 5.56 Å². The van der Waals surface area contributed by atoms with Crippen LogP contribution in [0, 0.1) is 6.92 Å². The molecule has 0 radical (unpaired) electrons. The van der Waals surface area contributed by atoms with Crippen LogP contribution in [-0.2, 0) is 10.0 Å². The van der Waals surface area contributed by atoms with Crippen molar-refractivity contribution in [2.24, 2.45) is 0 Å². The first-order chi connectivity index (χ1) is 9.81. The number of anilines is 1. The number of aromatic nitrogens is 1. The Balaban J connectivity index is 2.35. The summed E-state index contributed by atoms with van der Waals surface area (Å²) in [6, 6.07) is 6.43. The zero-order valence-corrected chi connectivity index (χ0v) is 14.1. The van der Waals surface area contributed by atoms with E-state index in [2.05, 4.69) is 25.6 Å². The minimum Gasteiger partial charge on any atom is -0.398 e. The van der Waals surface area contributed by atoms with Crippen molar-refractivity contribution in [3.8, 4) is 0 Å². The molecule has 0 fully saturated rings. The number of rotatable bonds is 4. The third kappa shape index (κ3) is 3.61. The predicted octanol–water partition coefficient (Wildman–Crippen LogP) is 2.77. The second-order valence-corrected chi connectivity index (χ2v) is 7.35. The summed E-state index contributed by atoms with van der Waals surface area (Å²) in [4.78, 5) is 4.16. The maximum absolute atomic E-state index is 12.5. The number of hydrogen-bond donors (Lipinski definition) is 2. The molecule has 1 unspecified atom stereocenters. The molecule has 5 nitrogen and oxygen atoms in total. The van der Waals surface area contributed by atoms with Crippen molar-refractivity contribution < 1.29 is 8.42 Å². The summed E-state index contributed by atoms with van der Waals surface area (Å²) >= 11 is 3.27. The minimum absolute atomic E-state index is 0.171. The van der Waals surface area contributed by atoms with Crippen molar-refractivity contribution in [3.05, 3.63) is 52.3 Å². The highest BCUT2D eigenvalue weighted by Crippen LogP contribution is 2.27. The molecule has 7 heteroatoms. The number of sulfonamides is 1. The maximum Gasteiger partial charge on any atom is 0.241 e. The van der Waals surface area contributed by atoms with Gasteiger partial charge in [-0.15, -0.1) is 0 Å². The van der Waals surface area contributed by atoms with Gasteiger partial charge in [0.1, 0.15) is 0 Å². The molecule has 0 aliphatic rings. The third-order valence-corrected chi connectivity index (χ3v) is 5.30. The zero-order chi connectivity index (χ0) is 15.6. The number of nitrogens with one attached hydrogen (secondary N) is 1. The average Bonchev–Trinajstić information content (AvgIpc) is 2.43. The van der Waals surface area contributed by atoms with Crippen molar-refractivity contribution >= 4 is 31.6 Å². The lowest BCUT2D eigenvalue weighted by Crippen LogP contribution is -2.27. The Labute approximate surface area is 132 Å². The minimum atomic E-state index is -3.67. The Morgan fingerprint density at radius 2 is 2.10 bits per heavy atom. The van der Waals surface area contributed by atoms with E-state index in [1.165, 1.54) is 0 Å². The lowest BCUT2D eigenvalue weighted by Gasteiger charge is -2.16. The summed E-state index contributed by atoms with van der Waals surface area (Å²) in [5.41, 5.74) is 7.58. The number of nitrogens with zero attached hydrogens (tertiary/aromatic N) is 1. The van der Waals surface area contributed by atoms with Gasteiger partial charge in [-0.25, -0.2) is 13.1 Å². The molecule has 112 valence electrons. The summed E-state index contributed by atoms with van der Waals surface area (Å²) in [6.07, 6.45) is 3.28. The summed E-state index contributed by atoms with van der Waals surface area (Å²) in [5.74, 6) is 0. The zero-order valence-electron chi connectivity index (χ0n) is 11.7. The fourth-order valence-corrected chi connectivity index (χ4v) is 4.11. The molecule has 2 rings (SSSR count). The van der Waals surface area contributed by atoms with Gasteiger partial charge in [-0.3, -0.25) is 4.98 Å². The van der Waals surface area contributed by atoms with Crippen molar-refractivity contribution in [2.45, 2.75) is 24.8 Å². The molecular formula is C14H16BrN3O2S. The van der Waals surface area contributed by atoms with Gasteiger partial charge in [-0.2, -0.15) is 0 Å². The highest BCUT2D eigenvalue weighted by atomic mass is 79.9. The van der Waals surface area contributed by atoms with Gasteiger partial charge in [-0.05, 0) is 43.2 Å². The van der Waals surface area contributed by atoms with Crippen molar-refractivity contribution in [1.82, 2.24) is 9.71 Å². The van der Waals surface area contributed by atoms with Crippen LogP contribution in [0.5, 0.6) is 0 Å². The van der Waals surface area contributed by atoms with E-state index in [-0.39, 0.29) is 10.9 Å². The predicted molar refractivity (Wildman–Crippen MR) is 86.3 cm³/mol. The molecule has 0 amide bonds. The first-order valence-corrected chi connectivity index (χ1v) is 8.57. The van der Waals surface area contributed by atoms with E-state index < -0.39 is 10.0 Å². The quantitative estimate of drug-likeness (QED) is 0.811. The van der Waals surface area contributed by atoms with Gasteiger partial charge in [0.15, 0.2) is 0 Å². The Kier molecular flexibility index (Phi) is 4.65. The van der Waals surface area contributed by atoms with Crippen LogP contribution < -0.4 is 10.5 Å². The first-order valence-electron chi connectivity index (χ1n) is 6.29. The number of nitrogen functional groups attached to an aromatic ring is 1. The summed E-state index contributed by atoms with van der Waals surface area (Å²) in [5, 5.41) is 0. The molecule has 1 heterocycles. The Morgan fingerprint density at radius 3 is 2.71 bits per heavy atom. The van der Waals surface area contributed by atoms with Gasteiger partial charge in [-0.1, -0.05) is 22.0 Å². The van der Waals surface area contributed by atoms with Crippen LogP contribution in [0.1, 0.15) is 24.1 Å². The first kappa shape index (κ1) is 15.9. The van der Waals surface area contributed by atoms with E-state index in [0.29, 0.717) is 15.7 Å². The second-order valence-electron chi connectivity index (χ2n) is 4.75. The van der Waals surface area contributed by atoms with Gasteiger partial charge < -0.3 is 5.73 Å². The topological polar surface area (TPSA) is 85.1 Å². The summed E-state index contributed by atoms with van der Waals surface area (Å²) < 4.78 is 28.3. The number of pyridine rings is 1. The van der Waals surface area contributed by atoms with Crippen LogP contribution in [0.3, 0.4) is 0 Å². The largest absolute Gasteiger partial charge is 0.398 e. The van der Waals surface area contributed by atoms with Crippen LogP contribution in [0.2, 0.25) is 0 Å². The molecule has 0 aliphatic heterocycles. The summed E-state index contributed by atoms with van der Waals surface area (Å²) in [7, 11) is -3.67. The van der Waals surface area contributed by atoms with Gasteiger partial charge >= 0.3 is 0 Å². The van der Waals surface area contributed by atoms with E-state index in [1.54, 1.807) is 44.4 Å². The number of halogens is 1. The highest BCUT2D eigenvalue weighted by molar-refractivity contribution is 9.10. The molecule has 3 N–H and O–H groups in total. The Hall–Kier alpha value is -1.44. The molecule has 0 saturated heterocycles. The monoisotopic (exact) mass is 369 g/mol.